The maximum Gasteiger partial charge on any atom is 0.279 e. The van der Waals surface area contributed by atoms with Gasteiger partial charge in [0.15, 0.2) is 5.75 Å². The highest BCUT2D eigenvalue weighted by molar-refractivity contribution is 9.10. The van der Waals surface area contributed by atoms with Gasteiger partial charge >= 0.3 is 0 Å². The zero-order valence-corrected chi connectivity index (χ0v) is 12.3. The maximum absolute atomic E-state index is 11.1. The Kier molecular flexibility index (Phi) is 3.53. The molecule has 0 aliphatic carbocycles. The van der Waals surface area contributed by atoms with Crippen LogP contribution in [0.25, 0.3) is 10.9 Å². The summed E-state index contributed by atoms with van der Waals surface area (Å²) in [5.74, 6) is 1.10. The Bertz CT molecular complexity index is 836. The number of benzene rings is 2. The van der Waals surface area contributed by atoms with E-state index >= 15 is 0 Å². The van der Waals surface area contributed by atoms with E-state index in [-0.39, 0.29) is 5.69 Å². The van der Waals surface area contributed by atoms with Crippen molar-refractivity contribution in [3.05, 3.63) is 69.3 Å². The van der Waals surface area contributed by atoms with Crippen molar-refractivity contribution < 1.29 is 9.66 Å². The molecule has 0 atom stereocenters. The molecule has 0 saturated carbocycles. The van der Waals surface area contributed by atoms with Gasteiger partial charge < -0.3 is 4.74 Å². The number of halogens is 1. The van der Waals surface area contributed by atoms with E-state index in [1.165, 1.54) is 6.07 Å². The molecule has 1 heterocycles. The Morgan fingerprint density at radius 1 is 1.05 bits per heavy atom. The van der Waals surface area contributed by atoms with Crippen LogP contribution in [0.1, 0.15) is 0 Å². The first-order valence-corrected chi connectivity index (χ1v) is 6.90. The molecule has 0 aliphatic rings. The summed E-state index contributed by atoms with van der Waals surface area (Å²) in [5.41, 5.74) is 0.472. The molecule has 3 rings (SSSR count). The van der Waals surface area contributed by atoms with Crippen LogP contribution in [0.15, 0.2) is 59.2 Å². The Morgan fingerprint density at radius 3 is 2.62 bits per heavy atom. The fourth-order valence-corrected chi connectivity index (χ4v) is 2.38. The van der Waals surface area contributed by atoms with E-state index in [4.69, 9.17) is 4.74 Å². The van der Waals surface area contributed by atoms with Gasteiger partial charge in [0.1, 0.15) is 11.3 Å². The van der Waals surface area contributed by atoms with E-state index in [1.807, 2.05) is 18.2 Å². The molecule has 0 bridgehead atoms. The number of para-hydroxylation sites is 1. The normalized spacial score (nSPS) is 10.5. The fraction of sp³-hybridized carbons (Fsp3) is 0. The molecule has 0 radical (unpaired) electrons. The third-order valence-corrected chi connectivity index (χ3v) is 3.62. The van der Waals surface area contributed by atoms with Crippen molar-refractivity contribution >= 4 is 32.5 Å². The lowest BCUT2D eigenvalue weighted by molar-refractivity contribution is -0.383. The summed E-state index contributed by atoms with van der Waals surface area (Å²) in [4.78, 5) is 14.8. The minimum absolute atomic E-state index is 0.0116. The third-order valence-electron chi connectivity index (χ3n) is 2.96. The molecule has 1 aromatic heterocycles. The van der Waals surface area contributed by atoms with Crippen LogP contribution >= 0.6 is 15.9 Å². The summed E-state index contributed by atoms with van der Waals surface area (Å²) in [6.07, 6.45) is 1.58. The van der Waals surface area contributed by atoms with Gasteiger partial charge in [-0.25, -0.2) is 0 Å². The molecule has 3 aromatic rings. The molecule has 0 fully saturated rings. The summed E-state index contributed by atoms with van der Waals surface area (Å²) in [6.45, 7) is 0. The van der Waals surface area contributed by atoms with Crippen LogP contribution in [0.2, 0.25) is 0 Å². The van der Waals surface area contributed by atoms with Crippen molar-refractivity contribution in [2.75, 3.05) is 0 Å². The molecule has 5 nitrogen and oxygen atoms in total. The quantitative estimate of drug-likeness (QED) is 0.510. The first-order chi connectivity index (χ1) is 10.2. The Balaban J connectivity index is 2.14. The summed E-state index contributed by atoms with van der Waals surface area (Å²) in [6, 6.07) is 13.7. The molecular weight excluding hydrogens is 336 g/mol. The second kappa shape index (κ2) is 5.49. The number of non-ortho nitro benzene ring substituents is 1. The second-order valence-corrected chi connectivity index (χ2v) is 5.13. The predicted octanol–water partition coefficient (Wildman–Crippen LogP) is 4.70. The molecule has 2 aromatic carbocycles. The van der Waals surface area contributed by atoms with Crippen molar-refractivity contribution in [1.29, 1.82) is 0 Å². The summed E-state index contributed by atoms with van der Waals surface area (Å²) >= 11 is 3.40. The van der Waals surface area contributed by atoms with Crippen molar-refractivity contribution in [2.45, 2.75) is 0 Å². The number of ether oxygens (including phenoxy) is 1. The molecule has 0 unspecified atom stereocenters. The maximum atomic E-state index is 11.1. The smallest absolute Gasteiger partial charge is 0.279 e. The minimum Gasteiger partial charge on any atom is -0.454 e. The highest BCUT2D eigenvalue weighted by Crippen LogP contribution is 2.36. The molecule has 104 valence electrons. The predicted molar refractivity (Wildman–Crippen MR) is 82.6 cm³/mol. The SMILES string of the molecule is O=[N+]([O-])c1ccc(Oc2ccccc2Br)c2ncccc12. The number of nitro benzene ring substituents is 1. The van der Waals surface area contributed by atoms with Gasteiger partial charge in [-0.05, 0) is 46.3 Å². The van der Waals surface area contributed by atoms with Crippen LogP contribution in [0.3, 0.4) is 0 Å². The Morgan fingerprint density at radius 2 is 1.86 bits per heavy atom. The molecule has 0 amide bonds. The van der Waals surface area contributed by atoms with Crippen LogP contribution in [-0.2, 0) is 0 Å². The van der Waals surface area contributed by atoms with Crippen LogP contribution < -0.4 is 4.74 Å². The number of nitrogens with zero attached hydrogens (tertiary/aromatic N) is 2. The summed E-state index contributed by atoms with van der Waals surface area (Å²) in [7, 11) is 0. The lowest BCUT2D eigenvalue weighted by Gasteiger charge is -2.09. The van der Waals surface area contributed by atoms with Crippen LogP contribution in [0, 0.1) is 10.1 Å². The van der Waals surface area contributed by atoms with Gasteiger partial charge in [-0.3, -0.25) is 15.1 Å². The zero-order valence-electron chi connectivity index (χ0n) is 10.7. The van der Waals surface area contributed by atoms with Crippen molar-refractivity contribution in [1.82, 2.24) is 4.98 Å². The number of pyridine rings is 1. The number of nitro groups is 1. The molecule has 21 heavy (non-hydrogen) atoms. The highest BCUT2D eigenvalue weighted by Gasteiger charge is 2.16. The van der Waals surface area contributed by atoms with E-state index in [9.17, 15) is 10.1 Å². The average molecular weight is 345 g/mol. The van der Waals surface area contributed by atoms with E-state index < -0.39 is 4.92 Å². The lowest BCUT2D eigenvalue weighted by atomic mass is 10.1. The largest absolute Gasteiger partial charge is 0.454 e. The van der Waals surface area contributed by atoms with Crippen LogP contribution in [0.5, 0.6) is 11.5 Å². The molecule has 0 spiro atoms. The molecule has 0 saturated heterocycles. The minimum atomic E-state index is -0.424. The van der Waals surface area contributed by atoms with E-state index in [2.05, 4.69) is 20.9 Å². The highest BCUT2D eigenvalue weighted by atomic mass is 79.9. The van der Waals surface area contributed by atoms with E-state index in [0.29, 0.717) is 22.4 Å². The van der Waals surface area contributed by atoms with E-state index in [1.54, 1.807) is 30.5 Å². The first-order valence-electron chi connectivity index (χ1n) is 6.11. The van der Waals surface area contributed by atoms with Gasteiger partial charge in [-0.1, -0.05) is 12.1 Å². The van der Waals surface area contributed by atoms with Crippen LogP contribution in [0.4, 0.5) is 5.69 Å². The van der Waals surface area contributed by atoms with Gasteiger partial charge in [0.25, 0.3) is 5.69 Å². The van der Waals surface area contributed by atoms with Gasteiger partial charge in [-0.15, -0.1) is 0 Å². The van der Waals surface area contributed by atoms with Gasteiger partial charge in [0, 0.05) is 12.3 Å². The number of aromatic nitrogens is 1. The van der Waals surface area contributed by atoms with Crippen molar-refractivity contribution in [2.24, 2.45) is 0 Å². The van der Waals surface area contributed by atoms with Crippen molar-refractivity contribution in [3.63, 3.8) is 0 Å². The first kappa shape index (κ1) is 13.5. The fourth-order valence-electron chi connectivity index (χ4n) is 2.02. The Hall–Kier alpha value is -2.47. The lowest BCUT2D eigenvalue weighted by Crippen LogP contribution is -1.93. The average Bonchev–Trinajstić information content (AvgIpc) is 2.49. The zero-order chi connectivity index (χ0) is 14.8. The molecule has 0 aliphatic heterocycles. The van der Waals surface area contributed by atoms with Crippen LogP contribution in [-0.4, -0.2) is 9.91 Å². The summed E-state index contributed by atoms with van der Waals surface area (Å²) < 4.78 is 6.62. The monoisotopic (exact) mass is 344 g/mol. The van der Waals surface area contributed by atoms with E-state index in [0.717, 1.165) is 4.47 Å². The standard InChI is InChI=1S/C15H9BrN2O3/c16-11-5-1-2-6-13(11)21-14-8-7-12(18(19)20)10-4-3-9-17-15(10)14/h1-9H. The number of hydrogen-bond acceptors (Lipinski definition) is 4. The molecule has 6 heteroatoms. The van der Waals surface area contributed by atoms with Gasteiger partial charge in [-0.2, -0.15) is 0 Å². The molecular formula is C15H9BrN2O3. The topological polar surface area (TPSA) is 65.3 Å². The Labute approximate surface area is 128 Å². The number of fused-ring (bicyclic) bond motifs is 1. The third kappa shape index (κ3) is 2.57. The number of hydrogen-bond donors (Lipinski definition) is 0. The molecule has 0 N–H and O–H groups in total. The van der Waals surface area contributed by atoms with Gasteiger partial charge in [0.05, 0.1) is 14.8 Å². The summed E-state index contributed by atoms with van der Waals surface area (Å²) in [5, 5.41) is 11.5. The second-order valence-electron chi connectivity index (χ2n) is 4.27. The van der Waals surface area contributed by atoms with Gasteiger partial charge in [0.2, 0.25) is 0 Å². The van der Waals surface area contributed by atoms with Crippen molar-refractivity contribution in [3.8, 4) is 11.5 Å². The number of rotatable bonds is 3.